The van der Waals surface area contributed by atoms with Crippen LogP contribution < -0.4 is 0 Å². The number of halogens is 3. The second-order valence-corrected chi connectivity index (χ2v) is 4.53. The fourth-order valence-electron chi connectivity index (χ4n) is 1.35. The fraction of sp³-hybridized carbons (Fsp3) is 0.417. The molecule has 0 aliphatic rings. The van der Waals surface area contributed by atoms with Crippen molar-refractivity contribution in [2.24, 2.45) is 5.92 Å². The van der Waals surface area contributed by atoms with Gasteiger partial charge in [-0.3, -0.25) is 0 Å². The number of hydrogen-bond acceptors (Lipinski definition) is 1. The van der Waals surface area contributed by atoms with E-state index in [1.165, 1.54) is 6.42 Å². The highest BCUT2D eigenvalue weighted by Gasteiger charge is 2.19. The summed E-state index contributed by atoms with van der Waals surface area (Å²) in [7, 11) is 0. The topological polar surface area (TPSA) is 20.2 Å². The SMILES string of the molecule is CC(C)C[CH]C(O)c1c(F)cc(Cl)cc1F. The molecule has 0 aliphatic carbocycles. The van der Waals surface area contributed by atoms with Gasteiger partial charge in [0.2, 0.25) is 0 Å². The molecule has 1 aromatic rings. The van der Waals surface area contributed by atoms with Gasteiger partial charge >= 0.3 is 0 Å². The Morgan fingerprint density at radius 1 is 1.31 bits per heavy atom. The second kappa shape index (κ2) is 5.60. The van der Waals surface area contributed by atoms with Crippen molar-refractivity contribution in [2.45, 2.75) is 26.4 Å². The Morgan fingerprint density at radius 2 is 1.81 bits per heavy atom. The Labute approximate surface area is 99.0 Å². The van der Waals surface area contributed by atoms with Gasteiger partial charge in [-0.25, -0.2) is 8.78 Å². The highest BCUT2D eigenvalue weighted by molar-refractivity contribution is 6.30. The predicted molar refractivity (Wildman–Crippen MR) is 60.1 cm³/mol. The van der Waals surface area contributed by atoms with Gasteiger partial charge in [-0.2, -0.15) is 0 Å². The first kappa shape index (κ1) is 13.4. The second-order valence-electron chi connectivity index (χ2n) is 4.09. The molecule has 1 aromatic carbocycles. The van der Waals surface area contributed by atoms with Gasteiger partial charge in [0.05, 0.1) is 11.7 Å². The van der Waals surface area contributed by atoms with Gasteiger partial charge in [-0.05, 0) is 30.9 Å². The summed E-state index contributed by atoms with van der Waals surface area (Å²) < 4.78 is 26.8. The molecule has 0 amide bonds. The van der Waals surface area contributed by atoms with Gasteiger partial charge in [0, 0.05) is 5.02 Å². The van der Waals surface area contributed by atoms with Crippen LogP contribution >= 0.6 is 11.6 Å². The molecule has 0 aromatic heterocycles. The molecule has 1 nitrogen and oxygen atoms in total. The van der Waals surface area contributed by atoms with E-state index in [0.29, 0.717) is 12.3 Å². The van der Waals surface area contributed by atoms with Gasteiger partial charge in [-0.15, -0.1) is 0 Å². The lowest BCUT2D eigenvalue weighted by atomic mass is 9.99. The summed E-state index contributed by atoms with van der Waals surface area (Å²) in [4.78, 5) is 0. The Balaban J connectivity index is 2.86. The molecule has 0 bridgehead atoms. The zero-order chi connectivity index (χ0) is 12.3. The maximum Gasteiger partial charge on any atom is 0.133 e. The molecule has 89 valence electrons. The van der Waals surface area contributed by atoms with Crippen molar-refractivity contribution < 1.29 is 13.9 Å². The van der Waals surface area contributed by atoms with Crippen LogP contribution in [-0.4, -0.2) is 5.11 Å². The zero-order valence-electron chi connectivity index (χ0n) is 9.17. The smallest absolute Gasteiger partial charge is 0.133 e. The van der Waals surface area contributed by atoms with Crippen molar-refractivity contribution in [3.05, 3.63) is 40.8 Å². The molecule has 1 radical (unpaired) electrons. The maximum atomic E-state index is 13.4. The summed E-state index contributed by atoms with van der Waals surface area (Å²) in [5, 5.41) is 9.62. The molecule has 1 unspecified atom stereocenters. The Hall–Kier alpha value is -0.670. The Bertz CT molecular complexity index is 343. The summed E-state index contributed by atoms with van der Waals surface area (Å²) in [6.45, 7) is 3.91. The van der Waals surface area contributed by atoms with Crippen LogP contribution in [-0.2, 0) is 0 Å². The van der Waals surface area contributed by atoms with E-state index in [4.69, 9.17) is 11.6 Å². The van der Waals surface area contributed by atoms with E-state index in [0.717, 1.165) is 12.1 Å². The van der Waals surface area contributed by atoms with Crippen molar-refractivity contribution >= 4 is 11.6 Å². The van der Waals surface area contributed by atoms with Crippen LogP contribution in [0.4, 0.5) is 8.78 Å². The average molecular weight is 248 g/mol. The zero-order valence-corrected chi connectivity index (χ0v) is 9.93. The van der Waals surface area contributed by atoms with E-state index < -0.39 is 17.7 Å². The third-order valence-corrected chi connectivity index (χ3v) is 2.39. The average Bonchev–Trinajstić information content (AvgIpc) is 2.12. The van der Waals surface area contributed by atoms with Crippen molar-refractivity contribution in [3.63, 3.8) is 0 Å². The van der Waals surface area contributed by atoms with Gasteiger partial charge in [-0.1, -0.05) is 25.4 Å². The molecule has 0 aliphatic heterocycles. The number of aliphatic hydroxyl groups is 1. The maximum absolute atomic E-state index is 13.4. The molecule has 4 heteroatoms. The minimum Gasteiger partial charge on any atom is -0.388 e. The number of rotatable bonds is 4. The van der Waals surface area contributed by atoms with Gasteiger partial charge in [0.1, 0.15) is 11.6 Å². The van der Waals surface area contributed by atoms with E-state index >= 15 is 0 Å². The Kier molecular flexibility index (Phi) is 4.69. The molecule has 1 rings (SSSR count). The van der Waals surface area contributed by atoms with Gasteiger partial charge in [0.25, 0.3) is 0 Å². The molecule has 0 heterocycles. The van der Waals surface area contributed by atoms with Crippen molar-refractivity contribution in [2.75, 3.05) is 0 Å². The minimum absolute atomic E-state index is 0.0187. The van der Waals surface area contributed by atoms with Crippen LogP contribution in [0.3, 0.4) is 0 Å². The molecule has 0 saturated carbocycles. The van der Waals surface area contributed by atoms with E-state index in [1.807, 2.05) is 13.8 Å². The van der Waals surface area contributed by atoms with E-state index in [1.54, 1.807) is 0 Å². The largest absolute Gasteiger partial charge is 0.388 e. The predicted octanol–water partition coefficient (Wildman–Crippen LogP) is 3.90. The molecule has 0 fully saturated rings. The van der Waals surface area contributed by atoms with Crippen molar-refractivity contribution in [3.8, 4) is 0 Å². The molecule has 1 N–H and O–H groups in total. The third kappa shape index (κ3) is 3.42. The highest BCUT2D eigenvalue weighted by atomic mass is 35.5. The lowest BCUT2D eigenvalue weighted by molar-refractivity contribution is 0.193. The number of benzene rings is 1. The van der Waals surface area contributed by atoms with Crippen molar-refractivity contribution in [1.29, 1.82) is 0 Å². The first-order valence-electron chi connectivity index (χ1n) is 5.07. The minimum atomic E-state index is -1.24. The first-order chi connectivity index (χ1) is 7.41. The van der Waals surface area contributed by atoms with E-state index in [2.05, 4.69) is 0 Å². The molecule has 16 heavy (non-hydrogen) atoms. The van der Waals surface area contributed by atoms with E-state index in [9.17, 15) is 13.9 Å². The van der Waals surface area contributed by atoms with Crippen LogP contribution in [0, 0.1) is 24.0 Å². The molecule has 0 spiro atoms. The summed E-state index contributed by atoms with van der Waals surface area (Å²) in [6, 6.07) is 1.98. The number of aliphatic hydroxyl groups excluding tert-OH is 1. The van der Waals surface area contributed by atoms with Crippen LogP contribution in [0.5, 0.6) is 0 Å². The molecule has 0 saturated heterocycles. The summed E-state index contributed by atoms with van der Waals surface area (Å²) in [5.41, 5.74) is -0.343. The van der Waals surface area contributed by atoms with Crippen LogP contribution in [0.1, 0.15) is 31.9 Å². The lowest BCUT2D eigenvalue weighted by Gasteiger charge is -2.14. The normalized spacial score (nSPS) is 13.2. The fourth-order valence-corrected chi connectivity index (χ4v) is 1.55. The van der Waals surface area contributed by atoms with Gasteiger partial charge < -0.3 is 5.11 Å². The van der Waals surface area contributed by atoms with Crippen LogP contribution in [0.2, 0.25) is 5.02 Å². The third-order valence-electron chi connectivity index (χ3n) is 2.17. The molecular formula is C12H14ClF2O. The van der Waals surface area contributed by atoms with E-state index in [-0.39, 0.29) is 10.6 Å². The lowest BCUT2D eigenvalue weighted by Crippen LogP contribution is -2.06. The van der Waals surface area contributed by atoms with Crippen LogP contribution in [0.25, 0.3) is 0 Å². The first-order valence-corrected chi connectivity index (χ1v) is 5.45. The van der Waals surface area contributed by atoms with Crippen molar-refractivity contribution in [1.82, 2.24) is 0 Å². The summed E-state index contributed by atoms with van der Waals surface area (Å²) in [6.07, 6.45) is 0.836. The number of hydrogen-bond donors (Lipinski definition) is 1. The molecule has 1 atom stereocenters. The van der Waals surface area contributed by atoms with Crippen LogP contribution in [0.15, 0.2) is 12.1 Å². The monoisotopic (exact) mass is 247 g/mol. The summed E-state index contributed by atoms with van der Waals surface area (Å²) in [5.74, 6) is -1.32. The standard InChI is InChI=1S/C12H14ClF2O/c1-7(2)3-4-11(16)12-9(14)5-8(13)6-10(12)15/h4-7,11,16H,3H2,1-2H3. The Morgan fingerprint density at radius 3 is 2.25 bits per heavy atom. The highest BCUT2D eigenvalue weighted by Crippen LogP contribution is 2.27. The molecular weight excluding hydrogens is 234 g/mol. The quantitative estimate of drug-likeness (QED) is 0.856. The summed E-state index contributed by atoms with van der Waals surface area (Å²) >= 11 is 5.48. The van der Waals surface area contributed by atoms with Gasteiger partial charge in [0.15, 0.2) is 0 Å².